The lowest BCUT2D eigenvalue weighted by Gasteiger charge is -2.08. The standard InChI is InChI=1S/C19H21N5O3/c1-12-5-7-15(13(2)9-12)20-18(25)11-24-22-19(21-23-24)14-6-8-16(26-3)17(10-14)27-4/h5-10H,11H2,1-4H3,(H,20,25). The summed E-state index contributed by atoms with van der Waals surface area (Å²) in [6.07, 6.45) is 0. The summed E-state index contributed by atoms with van der Waals surface area (Å²) in [6.45, 7) is 3.92. The molecule has 0 aliphatic carbocycles. The summed E-state index contributed by atoms with van der Waals surface area (Å²) in [5.41, 5.74) is 3.63. The fraction of sp³-hybridized carbons (Fsp3) is 0.263. The molecule has 0 fully saturated rings. The highest BCUT2D eigenvalue weighted by molar-refractivity contribution is 5.91. The third-order valence-electron chi connectivity index (χ3n) is 4.04. The van der Waals surface area contributed by atoms with E-state index < -0.39 is 0 Å². The van der Waals surface area contributed by atoms with Gasteiger partial charge in [-0.25, -0.2) is 0 Å². The van der Waals surface area contributed by atoms with E-state index in [9.17, 15) is 4.79 Å². The Morgan fingerprint density at radius 1 is 1.07 bits per heavy atom. The Bertz CT molecular complexity index is 968. The van der Waals surface area contributed by atoms with E-state index in [0.717, 1.165) is 16.8 Å². The first-order valence-corrected chi connectivity index (χ1v) is 8.37. The normalized spacial score (nSPS) is 10.5. The molecular formula is C19H21N5O3. The van der Waals surface area contributed by atoms with Crippen LogP contribution in [0.15, 0.2) is 36.4 Å². The monoisotopic (exact) mass is 367 g/mol. The molecule has 0 spiro atoms. The summed E-state index contributed by atoms with van der Waals surface area (Å²) in [7, 11) is 3.13. The molecule has 0 saturated carbocycles. The quantitative estimate of drug-likeness (QED) is 0.720. The second-order valence-corrected chi connectivity index (χ2v) is 6.08. The van der Waals surface area contributed by atoms with Gasteiger partial charge in [0.1, 0.15) is 6.54 Å². The van der Waals surface area contributed by atoms with Crippen molar-refractivity contribution in [3.63, 3.8) is 0 Å². The summed E-state index contributed by atoms with van der Waals surface area (Å²) in [6, 6.07) is 11.2. The molecule has 0 aliphatic rings. The van der Waals surface area contributed by atoms with Gasteiger partial charge in [-0.1, -0.05) is 17.7 Å². The van der Waals surface area contributed by atoms with Gasteiger partial charge in [-0.3, -0.25) is 4.79 Å². The third-order valence-corrected chi connectivity index (χ3v) is 4.04. The number of hydrogen-bond donors (Lipinski definition) is 1. The van der Waals surface area contributed by atoms with E-state index in [1.165, 1.54) is 4.80 Å². The molecule has 1 amide bonds. The lowest BCUT2D eigenvalue weighted by atomic mass is 10.1. The first-order chi connectivity index (χ1) is 13.0. The molecule has 1 N–H and O–H groups in total. The maximum Gasteiger partial charge on any atom is 0.248 e. The minimum absolute atomic E-state index is 0.0341. The van der Waals surface area contributed by atoms with Crippen LogP contribution in [-0.2, 0) is 11.3 Å². The lowest BCUT2D eigenvalue weighted by molar-refractivity contribution is -0.117. The van der Waals surface area contributed by atoms with Crippen LogP contribution >= 0.6 is 0 Å². The molecule has 8 heteroatoms. The molecule has 0 aliphatic heterocycles. The summed E-state index contributed by atoms with van der Waals surface area (Å²) >= 11 is 0. The molecule has 0 atom stereocenters. The molecule has 3 rings (SSSR count). The van der Waals surface area contributed by atoms with Crippen molar-refractivity contribution in [2.75, 3.05) is 19.5 Å². The highest BCUT2D eigenvalue weighted by Crippen LogP contribution is 2.30. The van der Waals surface area contributed by atoms with Crippen molar-refractivity contribution in [1.29, 1.82) is 0 Å². The van der Waals surface area contributed by atoms with Crippen LogP contribution in [0.1, 0.15) is 11.1 Å². The van der Waals surface area contributed by atoms with E-state index in [-0.39, 0.29) is 12.5 Å². The topological polar surface area (TPSA) is 91.2 Å². The SMILES string of the molecule is COc1ccc(-c2nnn(CC(=O)Nc3ccc(C)cc3C)n2)cc1OC. The largest absolute Gasteiger partial charge is 0.493 e. The van der Waals surface area contributed by atoms with Crippen LogP contribution in [0.2, 0.25) is 0 Å². The summed E-state index contributed by atoms with van der Waals surface area (Å²) in [5.74, 6) is 1.36. The third kappa shape index (κ3) is 4.22. The molecule has 2 aromatic carbocycles. The first-order valence-electron chi connectivity index (χ1n) is 8.37. The number of aryl methyl sites for hydroxylation is 2. The molecule has 8 nitrogen and oxygen atoms in total. The van der Waals surface area contributed by atoms with Gasteiger partial charge in [0.15, 0.2) is 11.5 Å². The Hall–Kier alpha value is -3.42. The predicted molar refractivity (Wildman–Crippen MR) is 101 cm³/mol. The summed E-state index contributed by atoms with van der Waals surface area (Å²) in [4.78, 5) is 13.5. The van der Waals surface area contributed by atoms with Crippen molar-refractivity contribution in [2.45, 2.75) is 20.4 Å². The number of amides is 1. The van der Waals surface area contributed by atoms with Crippen molar-refractivity contribution >= 4 is 11.6 Å². The minimum Gasteiger partial charge on any atom is -0.493 e. The zero-order valence-corrected chi connectivity index (χ0v) is 15.7. The van der Waals surface area contributed by atoms with E-state index in [1.54, 1.807) is 32.4 Å². The predicted octanol–water partition coefficient (Wildman–Crippen LogP) is 2.61. The number of benzene rings is 2. The lowest BCUT2D eigenvalue weighted by Crippen LogP contribution is -2.21. The zero-order chi connectivity index (χ0) is 19.4. The van der Waals surface area contributed by atoms with Gasteiger partial charge in [0.05, 0.1) is 14.2 Å². The van der Waals surface area contributed by atoms with Crippen molar-refractivity contribution in [2.24, 2.45) is 0 Å². The van der Waals surface area contributed by atoms with Gasteiger partial charge >= 0.3 is 0 Å². The smallest absolute Gasteiger partial charge is 0.248 e. The fourth-order valence-electron chi connectivity index (χ4n) is 2.67. The zero-order valence-electron chi connectivity index (χ0n) is 15.7. The molecular weight excluding hydrogens is 346 g/mol. The van der Waals surface area contributed by atoms with Gasteiger partial charge in [-0.05, 0) is 48.9 Å². The van der Waals surface area contributed by atoms with Crippen LogP contribution in [0.3, 0.4) is 0 Å². The molecule has 1 aromatic heterocycles. The average molecular weight is 367 g/mol. The average Bonchev–Trinajstić information content (AvgIpc) is 3.11. The molecule has 0 unspecified atom stereocenters. The van der Waals surface area contributed by atoms with E-state index in [0.29, 0.717) is 22.9 Å². The fourth-order valence-corrected chi connectivity index (χ4v) is 2.67. The van der Waals surface area contributed by atoms with E-state index in [1.807, 2.05) is 32.0 Å². The molecule has 3 aromatic rings. The molecule has 0 bridgehead atoms. The Kier molecular flexibility index (Phi) is 5.35. The molecule has 0 saturated heterocycles. The Labute approximate surface area is 157 Å². The molecule has 27 heavy (non-hydrogen) atoms. The number of tetrazole rings is 1. The number of rotatable bonds is 6. The highest BCUT2D eigenvalue weighted by Gasteiger charge is 2.13. The summed E-state index contributed by atoms with van der Waals surface area (Å²) < 4.78 is 10.5. The number of hydrogen-bond acceptors (Lipinski definition) is 6. The first kappa shape index (κ1) is 18.4. The number of anilines is 1. The van der Waals surface area contributed by atoms with E-state index in [2.05, 4.69) is 20.7 Å². The maximum absolute atomic E-state index is 12.3. The summed E-state index contributed by atoms with van der Waals surface area (Å²) in [5, 5.41) is 15.1. The number of ether oxygens (including phenoxy) is 2. The van der Waals surface area contributed by atoms with E-state index in [4.69, 9.17) is 9.47 Å². The van der Waals surface area contributed by atoms with Crippen LogP contribution in [-0.4, -0.2) is 40.3 Å². The van der Waals surface area contributed by atoms with Gasteiger partial charge in [0.2, 0.25) is 11.7 Å². The Balaban J connectivity index is 1.71. The van der Waals surface area contributed by atoms with Crippen LogP contribution < -0.4 is 14.8 Å². The Morgan fingerprint density at radius 3 is 2.56 bits per heavy atom. The number of nitrogens with one attached hydrogen (secondary N) is 1. The second-order valence-electron chi connectivity index (χ2n) is 6.08. The van der Waals surface area contributed by atoms with Crippen molar-refractivity contribution < 1.29 is 14.3 Å². The van der Waals surface area contributed by atoms with Gasteiger partial charge in [0, 0.05) is 11.3 Å². The van der Waals surface area contributed by atoms with Gasteiger partial charge < -0.3 is 14.8 Å². The van der Waals surface area contributed by atoms with Gasteiger partial charge in [-0.15, -0.1) is 10.2 Å². The van der Waals surface area contributed by atoms with E-state index >= 15 is 0 Å². The van der Waals surface area contributed by atoms with Gasteiger partial charge in [-0.2, -0.15) is 4.80 Å². The number of carbonyl (C=O) groups is 1. The molecule has 0 radical (unpaired) electrons. The Morgan fingerprint density at radius 2 is 1.85 bits per heavy atom. The molecule has 140 valence electrons. The number of aromatic nitrogens is 4. The van der Waals surface area contributed by atoms with Crippen molar-refractivity contribution in [3.8, 4) is 22.9 Å². The maximum atomic E-state index is 12.3. The van der Waals surface area contributed by atoms with Crippen LogP contribution in [0.5, 0.6) is 11.5 Å². The number of methoxy groups -OCH3 is 2. The van der Waals surface area contributed by atoms with Crippen molar-refractivity contribution in [3.05, 3.63) is 47.5 Å². The van der Waals surface area contributed by atoms with Crippen LogP contribution in [0, 0.1) is 13.8 Å². The number of carbonyl (C=O) groups excluding carboxylic acids is 1. The van der Waals surface area contributed by atoms with Crippen LogP contribution in [0.4, 0.5) is 5.69 Å². The van der Waals surface area contributed by atoms with Crippen molar-refractivity contribution in [1.82, 2.24) is 20.2 Å². The van der Waals surface area contributed by atoms with Gasteiger partial charge in [0.25, 0.3) is 0 Å². The van der Waals surface area contributed by atoms with Crippen LogP contribution in [0.25, 0.3) is 11.4 Å². The number of nitrogens with zero attached hydrogens (tertiary/aromatic N) is 4. The second kappa shape index (κ2) is 7.86. The minimum atomic E-state index is -0.224. The molecule has 1 heterocycles. The highest BCUT2D eigenvalue weighted by atomic mass is 16.5.